The van der Waals surface area contributed by atoms with Crippen molar-refractivity contribution in [1.29, 1.82) is 0 Å². The molecule has 0 aromatic rings. The summed E-state index contributed by atoms with van der Waals surface area (Å²) in [6.07, 6.45) is 0.736. The van der Waals surface area contributed by atoms with Gasteiger partial charge in [0.2, 0.25) is 0 Å². The summed E-state index contributed by atoms with van der Waals surface area (Å²) in [5, 5.41) is 3.02. The predicted octanol–water partition coefficient (Wildman–Crippen LogP) is 2.37. The lowest BCUT2D eigenvalue weighted by atomic mass is 9.79. The molecule has 2 rings (SSSR count). The molecule has 0 aromatic heterocycles. The number of Topliss-reactive ketones (excluding diaryl/α,β-unsaturated/α-hetero) is 2. The predicted molar refractivity (Wildman–Crippen MR) is 111 cm³/mol. The first-order valence-corrected chi connectivity index (χ1v) is 9.82. The van der Waals surface area contributed by atoms with E-state index in [2.05, 4.69) is 5.32 Å². The summed E-state index contributed by atoms with van der Waals surface area (Å²) in [5.41, 5.74) is -1.77. The number of nitrogens with one attached hydrogen (secondary N) is 1. The molecule has 0 spiro atoms. The fraction of sp³-hybridized carbons (Fsp3) is 0.800. The maximum absolute atomic E-state index is 12.2. The summed E-state index contributed by atoms with van der Waals surface area (Å²) in [4.78, 5) is 48.0. The van der Waals surface area contributed by atoms with Crippen molar-refractivity contribution in [2.75, 3.05) is 32.8 Å². The zero-order valence-corrected chi connectivity index (χ0v) is 19.1. The second-order valence-electron chi connectivity index (χ2n) is 8.46. The zero-order chi connectivity index (χ0) is 21.5. The van der Waals surface area contributed by atoms with Gasteiger partial charge in [0.05, 0.1) is 19.7 Å². The number of hydrogen-bond donors (Lipinski definition) is 1. The Morgan fingerprint density at radius 2 is 1.90 bits per heavy atom. The molecule has 9 heteroatoms. The van der Waals surface area contributed by atoms with Gasteiger partial charge in [-0.05, 0) is 54.0 Å². The minimum Gasteiger partial charge on any atom is -0.465 e. The average Bonchev–Trinajstić information content (AvgIpc) is 2.59. The van der Waals surface area contributed by atoms with Gasteiger partial charge in [0, 0.05) is 12.5 Å². The molecular formula is C20H35ClN2O6. The lowest BCUT2D eigenvalue weighted by Crippen LogP contribution is -2.53. The van der Waals surface area contributed by atoms with Gasteiger partial charge < -0.3 is 19.7 Å². The van der Waals surface area contributed by atoms with Crippen LogP contribution in [-0.2, 0) is 23.9 Å². The van der Waals surface area contributed by atoms with Crippen LogP contribution < -0.4 is 5.32 Å². The first kappa shape index (κ1) is 27.3. The van der Waals surface area contributed by atoms with Crippen LogP contribution >= 0.6 is 12.4 Å². The number of hydrogen-bond acceptors (Lipinski definition) is 7. The van der Waals surface area contributed by atoms with Crippen LogP contribution in [-0.4, -0.2) is 66.9 Å². The number of rotatable bonds is 2. The smallest absolute Gasteiger partial charge is 0.410 e. The molecule has 2 aliphatic rings. The summed E-state index contributed by atoms with van der Waals surface area (Å²) in [7, 11) is 0. The van der Waals surface area contributed by atoms with Gasteiger partial charge in [-0.2, -0.15) is 0 Å². The van der Waals surface area contributed by atoms with Crippen LogP contribution in [0.4, 0.5) is 4.79 Å². The van der Waals surface area contributed by atoms with Gasteiger partial charge in [0.15, 0.2) is 5.78 Å². The summed E-state index contributed by atoms with van der Waals surface area (Å²) in [6, 6.07) is 0. The standard InChI is InChI=1S/C14H23NO5.C6H11NO.ClH/c1-6-19-11(17)14(5)7-8-15(9-10(14)16)12(18)20-13(2,3)4;1-5-2-3-7-4-6(5)8;/h6-9H2,1-5H3;5,7H,2-4H2,1H3;1H. The number of ketones is 2. The summed E-state index contributed by atoms with van der Waals surface area (Å²) < 4.78 is 10.2. The Morgan fingerprint density at radius 3 is 2.31 bits per heavy atom. The molecule has 2 fully saturated rings. The Labute approximate surface area is 179 Å². The Bertz CT molecular complexity index is 604. The number of carbonyl (C=O) groups is 4. The Morgan fingerprint density at radius 1 is 1.28 bits per heavy atom. The molecular weight excluding hydrogens is 400 g/mol. The normalized spacial score (nSPS) is 24.6. The van der Waals surface area contributed by atoms with Crippen molar-refractivity contribution in [2.24, 2.45) is 11.3 Å². The van der Waals surface area contributed by atoms with E-state index in [1.807, 2.05) is 6.92 Å². The SMILES string of the molecule is CC1CCNCC1=O.CCOC(=O)C1(C)CCN(C(=O)OC(C)(C)C)CC1=O.Cl. The highest BCUT2D eigenvalue weighted by atomic mass is 35.5. The molecule has 0 saturated carbocycles. The van der Waals surface area contributed by atoms with E-state index in [0.717, 1.165) is 13.0 Å². The van der Waals surface area contributed by atoms with Crippen molar-refractivity contribution >= 4 is 36.0 Å². The van der Waals surface area contributed by atoms with Crippen LogP contribution in [0.15, 0.2) is 0 Å². The monoisotopic (exact) mass is 434 g/mol. The Kier molecular flexibility index (Phi) is 10.8. The molecule has 29 heavy (non-hydrogen) atoms. The van der Waals surface area contributed by atoms with Gasteiger partial charge >= 0.3 is 12.1 Å². The van der Waals surface area contributed by atoms with Gasteiger partial charge in [-0.1, -0.05) is 6.92 Å². The van der Waals surface area contributed by atoms with Crippen LogP contribution in [0.5, 0.6) is 0 Å². The summed E-state index contributed by atoms with van der Waals surface area (Å²) in [6.45, 7) is 12.6. The highest BCUT2D eigenvalue weighted by Crippen LogP contribution is 2.30. The zero-order valence-electron chi connectivity index (χ0n) is 18.3. The maximum atomic E-state index is 12.2. The molecule has 2 unspecified atom stereocenters. The second kappa shape index (κ2) is 11.5. The molecule has 2 heterocycles. The minimum atomic E-state index is -1.16. The van der Waals surface area contributed by atoms with Crippen molar-refractivity contribution in [2.45, 2.75) is 60.0 Å². The van der Waals surface area contributed by atoms with E-state index in [0.29, 0.717) is 24.8 Å². The van der Waals surface area contributed by atoms with Crippen molar-refractivity contribution in [1.82, 2.24) is 10.2 Å². The number of carbonyl (C=O) groups excluding carboxylic acids is 4. The number of halogens is 1. The Hall–Kier alpha value is -1.67. The molecule has 0 radical (unpaired) electrons. The average molecular weight is 435 g/mol. The first-order chi connectivity index (χ1) is 12.9. The highest BCUT2D eigenvalue weighted by Gasteiger charge is 2.47. The third-order valence-electron chi connectivity index (χ3n) is 4.81. The summed E-state index contributed by atoms with van der Waals surface area (Å²) in [5.74, 6) is -0.172. The van der Waals surface area contributed by atoms with E-state index in [1.54, 1.807) is 34.6 Å². The number of ether oxygens (including phenoxy) is 2. The molecule has 168 valence electrons. The number of piperidine rings is 2. The number of nitrogens with zero attached hydrogens (tertiary/aromatic N) is 1. The molecule has 1 amide bonds. The van der Waals surface area contributed by atoms with Crippen LogP contribution in [0.1, 0.15) is 54.4 Å². The molecule has 0 aromatic carbocycles. The topological polar surface area (TPSA) is 102 Å². The van der Waals surface area contributed by atoms with E-state index in [4.69, 9.17) is 9.47 Å². The molecule has 2 atom stereocenters. The molecule has 8 nitrogen and oxygen atoms in total. The van der Waals surface area contributed by atoms with E-state index in [1.165, 1.54) is 4.90 Å². The number of esters is 1. The molecule has 1 N–H and O–H groups in total. The van der Waals surface area contributed by atoms with Gasteiger partial charge in [-0.25, -0.2) is 4.79 Å². The number of amides is 1. The van der Waals surface area contributed by atoms with Crippen LogP contribution in [0.3, 0.4) is 0 Å². The quantitative estimate of drug-likeness (QED) is 0.525. The third kappa shape index (κ3) is 8.30. The maximum Gasteiger partial charge on any atom is 0.410 e. The van der Waals surface area contributed by atoms with Crippen LogP contribution in [0.25, 0.3) is 0 Å². The molecule has 2 saturated heterocycles. The van der Waals surface area contributed by atoms with Crippen molar-refractivity contribution in [3.8, 4) is 0 Å². The Balaban J connectivity index is 0.000000729. The summed E-state index contributed by atoms with van der Waals surface area (Å²) >= 11 is 0. The van der Waals surface area contributed by atoms with Crippen molar-refractivity contribution < 1.29 is 28.7 Å². The highest BCUT2D eigenvalue weighted by molar-refractivity contribution is 6.05. The molecule has 0 bridgehead atoms. The van der Waals surface area contributed by atoms with Gasteiger partial charge in [0.1, 0.15) is 16.8 Å². The van der Waals surface area contributed by atoms with Crippen molar-refractivity contribution in [3.63, 3.8) is 0 Å². The van der Waals surface area contributed by atoms with Crippen LogP contribution in [0, 0.1) is 11.3 Å². The van der Waals surface area contributed by atoms with E-state index >= 15 is 0 Å². The molecule has 0 aliphatic carbocycles. The van der Waals surface area contributed by atoms with Gasteiger partial charge in [-0.15, -0.1) is 12.4 Å². The van der Waals surface area contributed by atoms with E-state index in [-0.39, 0.29) is 37.8 Å². The molecule has 2 aliphatic heterocycles. The minimum absolute atomic E-state index is 0. The number of likely N-dealkylation sites (tertiary alicyclic amines) is 1. The fourth-order valence-electron chi connectivity index (χ4n) is 2.78. The lowest BCUT2D eigenvalue weighted by molar-refractivity contribution is -0.162. The second-order valence-corrected chi connectivity index (χ2v) is 8.46. The van der Waals surface area contributed by atoms with Gasteiger partial charge in [0.25, 0.3) is 0 Å². The largest absolute Gasteiger partial charge is 0.465 e. The van der Waals surface area contributed by atoms with E-state index < -0.39 is 23.1 Å². The van der Waals surface area contributed by atoms with Gasteiger partial charge in [-0.3, -0.25) is 14.4 Å². The van der Waals surface area contributed by atoms with E-state index in [9.17, 15) is 19.2 Å². The van der Waals surface area contributed by atoms with Crippen molar-refractivity contribution in [3.05, 3.63) is 0 Å². The third-order valence-corrected chi connectivity index (χ3v) is 4.81. The first-order valence-electron chi connectivity index (χ1n) is 9.82. The fourth-order valence-corrected chi connectivity index (χ4v) is 2.78. The van der Waals surface area contributed by atoms with Crippen LogP contribution in [0.2, 0.25) is 0 Å². The lowest BCUT2D eigenvalue weighted by Gasteiger charge is -2.36.